The van der Waals surface area contributed by atoms with Gasteiger partial charge in [0.15, 0.2) is 34.9 Å². The second-order valence-electron chi connectivity index (χ2n) is 24.0. The van der Waals surface area contributed by atoms with Gasteiger partial charge in [-0.1, -0.05) is 231 Å². The first-order valence-corrected chi connectivity index (χ1v) is 31.8. The lowest BCUT2D eigenvalue weighted by molar-refractivity contribution is 0.224. The smallest absolute Gasteiger partial charge is 0.164 e. The Kier molecular flexibility index (Phi) is 13.2. The van der Waals surface area contributed by atoms with Crippen molar-refractivity contribution in [2.45, 2.75) is 24.0 Å². The van der Waals surface area contributed by atoms with Gasteiger partial charge in [0.25, 0.3) is 0 Å². The lowest BCUT2D eigenvalue weighted by atomic mass is 9.85. The van der Waals surface area contributed by atoms with Crippen molar-refractivity contribution in [3.63, 3.8) is 0 Å². The molecule has 11 aromatic carbocycles. The Morgan fingerprint density at radius 3 is 0.936 bits per heavy atom. The average Bonchev–Trinajstić information content (AvgIpc) is 1.57. The van der Waals surface area contributed by atoms with Crippen molar-refractivity contribution in [3.8, 4) is 102 Å². The molecule has 4 aromatic heterocycles. The summed E-state index contributed by atoms with van der Waals surface area (Å²) in [6.45, 7) is 0. The van der Waals surface area contributed by atoms with Gasteiger partial charge in [0, 0.05) is 89.6 Å². The number of nitrogens with zero attached hydrogens (tertiary/aromatic N) is 8. The number of ether oxygens (including phenoxy) is 2. The number of aromatic nitrogens is 8. The number of para-hydroxylation sites is 4. The molecule has 0 saturated carbocycles. The molecule has 0 N–H and O–H groups in total. The van der Waals surface area contributed by atoms with E-state index in [1.54, 1.807) is 0 Å². The zero-order valence-corrected chi connectivity index (χ0v) is 50.7. The van der Waals surface area contributed by atoms with Crippen LogP contribution in [0, 0.1) is 0 Å². The fraction of sp³-hybridized carbons (Fsp3) is 0.0476. The second kappa shape index (κ2) is 22.8. The van der Waals surface area contributed by atoms with E-state index >= 15 is 0 Å². The van der Waals surface area contributed by atoms with Crippen LogP contribution < -0.4 is 9.47 Å². The molecule has 94 heavy (non-hydrogen) atoms. The van der Waals surface area contributed by atoms with Gasteiger partial charge in [0.1, 0.15) is 23.7 Å². The van der Waals surface area contributed by atoms with E-state index in [1.165, 1.54) is 49.9 Å². The van der Waals surface area contributed by atoms with Gasteiger partial charge >= 0.3 is 0 Å². The SMILES string of the molecule is C1=CC2c3cc(-c4nc(-c5ccccc5)nc(-c5ccc(-c6ccccc6)cc5)n4)ccc3OC2c2c1n(-c1ccccc1)c1ccccc21.C1=CC2c3cc(-c4nc(-c5ccccc5)nc(-c5ccccc5)n4)ccc3OC2c2c1n(-c1ccccc1)c1ccccc21. The van der Waals surface area contributed by atoms with Crippen molar-refractivity contribution in [1.29, 1.82) is 0 Å². The van der Waals surface area contributed by atoms with Crippen LogP contribution in [-0.4, -0.2) is 39.0 Å². The molecule has 4 atom stereocenters. The highest BCUT2D eigenvalue weighted by molar-refractivity contribution is 5.93. The minimum absolute atomic E-state index is 0.0629. The molecule has 19 rings (SSSR count). The van der Waals surface area contributed by atoms with Crippen LogP contribution in [0.1, 0.15) is 57.7 Å². The first-order valence-electron chi connectivity index (χ1n) is 31.8. The topological polar surface area (TPSA) is 106 Å². The van der Waals surface area contributed by atoms with Crippen LogP contribution in [0.5, 0.6) is 11.5 Å². The fourth-order valence-corrected chi connectivity index (χ4v) is 14.1. The van der Waals surface area contributed by atoms with Crippen LogP contribution in [0.2, 0.25) is 0 Å². The fourth-order valence-electron chi connectivity index (χ4n) is 14.1. The molecule has 10 nitrogen and oxygen atoms in total. The first kappa shape index (κ1) is 54.5. The van der Waals surface area contributed by atoms with Gasteiger partial charge in [-0.15, -0.1) is 0 Å². The molecular formula is C84H56N8O2. The van der Waals surface area contributed by atoms with E-state index in [4.69, 9.17) is 39.4 Å². The summed E-state index contributed by atoms with van der Waals surface area (Å²) in [7, 11) is 0. The molecule has 0 saturated heterocycles. The minimum Gasteiger partial charge on any atom is -0.484 e. The molecular weight excluding hydrogens is 1150 g/mol. The molecule has 0 radical (unpaired) electrons. The molecule has 2 aliphatic heterocycles. The summed E-state index contributed by atoms with van der Waals surface area (Å²) in [6, 6.07) is 100. The maximum atomic E-state index is 6.80. The number of hydrogen-bond acceptors (Lipinski definition) is 8. The average molecular weight is 1210 g/mol. The van der Waals surface area contributed by atoms with Crippen LogP contribution >= 0.6 is 0 Å². The van der Waals surface area contributed by atoms with Gasteiger partial charge in [-0.05, 0) is 96.1 Å². The Labute approximate surface area is 542 Å². The van der Waals surface area contributed by atoms with E-state index in [2.05, 4.69) is 228 Å². The summed E-state index contributed by atoms with van der Waals surface area (Å²) in [5.74, 6) is 5.80. The van der Waals surface area contributed by atoms with E-state index in [0.717, 1.165) is 72.9 Å². The Bertz CT molecular complexity index is 5390. The first-order chi connectivity index (χ1) is 46.6. The molecule has 4 aliphatic rings. The van der Waals surface area contributed by atoms with Gasteiger partial charge in [-0.3, -0.25) is 0 Å². The van der Waals surface area contributed by atoms with Gasteiger partial charge < -0.3 is 18.6 Å². The van der Waals surface area contributed by atoms with Crippen LogP contribution in [0.15, 0.2) is 303 Å². The second-order valence-corrected chi connectivity index (χ2v) is 24.0. The highest BCUT2D eigenvalue weighted by Crippen LogP contribution is 2.55. The summed E-state index contributed by atoms with van der Waals surface area (Å²) >= 11 is 0. The normalized spacial score (nSPS) is 16.0. The van der Waals surface area contributed by atoms with Gasteiger partial charge in [0.2, 0.25) is 0 Å². The van der Waals surface area contributed by atoms with E-state index in [-0.39, 0.29) is 24.0 Å². The van der Waals surface area contributed by atoms with Crippen LogP contribution in [0.25, 0.3) is 125 Å². The van der Waals surface area contributed by atoms with Crippen molar-refractivity contribution in [2.75, 3.05) is 0 Å². The van der Waals surface area contributed by atoms with Crippen molar-refractivity contribution < 1.29 is 9.47 Å². The molecule has 444 valence electrons. The van der Waals surface area contributed by atoms with Gasteiger partial charge in [-0.25, -0.2) is 29.9 Å². The third kappa shape index (κ3) is 9.49. The molecule has 6 heterocycles. The molecule has 0 bridgehead atoms. The standard InChI is InChI=1S/C45H30N4O.C39H26N4O/c1-4-12-29(13-5-1)30-20-22-32(23-21-30)44-46-43(31-14-6-2-7-15-31)47-45(48-44)33-24-27-40-37(28-33)35-25-26-39-41(42(35)50-40)36-18-10-11-19-38(36)49(39)34-16-8-3-9-17-34;1-4-12-25(13-5-1)37-40-38(26-14-6-2-7-15-26)42-39(41-37)27-20-23-34-31(24-27)29-21-22-33-35(36(29)44-34)30-18-10-11-19-32(30)43(33)28-16-8-3-9-17-28/h1-28,35,42H;1-24,29,36H. The van der Waals surface area contributed by atoms with Crippen molar-refractivity contribution in [1.82, 2.24) is 39.0 Å². The Morgan fingerprint density at radius 1 is 0.266 bits per heavy atom. The molecule has 0 amide bonds. The predicted molar refractivity (Wildman–Crippen MR) is 375 cm³/mol. The summed E-state index contributed by atoms with van der Waals surface area (Å²) < 4.78 is 18.2. The lowest BCUT2D eigenvalue weighted by Gasteiger charge is -2.22. The van der Waals surface area contributed by atoms with Crippen LogP contribution in [-0.2, 0) is 0 Å². The largest absolute Gasteiger partial charge is 0.484 e. The molecule has 15 aromatic rings. The van der Waals surface area contributed by atoms with Crippen molar-refractivity contribution >= 4 is 34.0 Å². The summed E-state index contributed by atoms with van der Waals surface area (Å²) in [6.07, 6.45) is 8.86. The molecule has 2 aliphatic carbocycles. The Hall–Kier alpha value is -12.4. The van der Waals surface area contributed by atoms with Gasteiger partial charge in [0.05, 0.1) is 22.4 Å². The van der Waals surface area contributed by atoms with E-state index in [0.29, 0.717) is 34.9 Å². The zero-order valence-electron chi connectivity index (χ0n) is 50.7. The summed E-state index contributed by atoms with van der Waals surface area (Å²) in [5, 5.41) is 2.43. The number of benzene rings is 11. The summed E-state index contributed by atoms with van der Waals surface area (Å²) in [5.41, 5.74) is 19.7. The molecule has 4 unspecified atom stereocenters. The number of fused-ring (bicyclic) bond motifs is 14. The third-order valence-corrected chi connectivity index (χ3v) is 18.5. The quantitative estimate of drug-likeness (QED) is 0.141. The monoisotopic (exact) mass is 1210 g/mol. The lowest BCUT2D eigenvalue weighted by Crippen LogP contribution is -2.13. The van der Waals surface area contributed by atoms with Crippen LogP contribution in [0.3, 0.4) is 0 Å². The maximum absolute atomic E-state index is 6.80. The van der Waals surface area contributed by atoms with Gasteiger partial charge in [-0.2, -0.15) is 0 Å². The zero-order chi connectivity index (χ0) is 62.1. The Balaban J connectivity index is 0.000000139. The number of rotatable bonds is 9. The third-order valence-electron chi connectivity index (χ3n) is 18.5. The minimum atomic E-state index is -0.132. The summed E-state index contributed by atoms with van der Waals surface area (Å²) in [4.78, 5) is 29.8. The molecule has 0 fully saturated rings. The van der Waals surface area contributed by atoms with Crippen LogP contribution in [0.4, 0.5) is 0 Å². The van der Waals surface area contributed by atoms with Crippen molar-refractivity contribution in [3.05, 3.63) is 337 Å². The van der Waals surface area contributed by atoms with E-state index < -0.39 is 0 Å². The van der Waals surface area contributed by atoms with E-state index in [1.807, 2.05) is 97.1 Å². The van der Waals surface area contributed by atoms with Crippen molar-refractivity contribution in [2.24, 2.45) is 0 Å². The predicted octanol–water partition coefficient (Wildman–Crippen LogP) is 19.8. The highest BCUT2D eigenvalue weighted by atomic mass is 16.5. The molecule has 0 spiro atoms. The molecule has 10 heteroatoms. The Morgan fingerprint density at radius 2 is 0.553 bits per heavy atom. The maximum Gasteiger partial charge on any atom is 0.164 e. The number of hydrogen-bond donors (Lipinski definition) is 0. The highest BCUT2D eigenvalue weighted by Gasteiger charge is 2.42. The van der Waals surface area contributed by atoms with E-state index in [9.17, 15) is 0 Å².